The van der Waals surface area contributed by atoms with Gasteiger partial charge in [-0.05, 0) is 63.1 Å². The zero-order chi connectivity index (χ0) is 20.7. The summed E-state index contributed by atoms with van der Waals surface area (Å²) in [5.41, 5.74) is 3.79. The molecule has 6 heteroatoms. The van der Waals surface area contributed by atoms with E-state index in [-0.39, 0.29) is 24.6 Å². The van der Waals surface area contributed by atoms with Crippen molar-refractivity contribution in [2.75, 3.05) is 6.79 Å². The van der Waals surface area contributed by atoms with Crippen molar-refractivity contribution in [1.82, 2.24) is 5.32 Å². The lowest BCUT2D eigenvalue weighted by Crippen LogP contribution is -2.35. The normalized spacial score (nSPS) is 23.9. The minimum Gasteiger partial charge on any atom is -0.459 e. The van der Waals surface area contributed by atoms with Gasteiger partial charge in [0.25, 0.3) is 0 Å². The van der Waals surface area contributed by atoms with Crippen molar-refractivity contribution in [3.8, 4) is 11.5 Å². The highest BCUT2D eigenvalue weighted by atomic mass is 16.7. The maximum Gasteiger partial charge on any atom is 0.337 e. The van der Waals surface area contributed by atoms with E-state index >= 15 is 0 Å². The van der Waals surface area contributed by atoms with Crippen LogP contribution in [0.15, 0.2) is 40.7 Å². The van der Waals surface area contributed by atoms with Crippen LogP contribution in [0.1, 0.15) is 69.8 Å². The number of carbonyl (C=O) groups is 2. The summed E-state index contributed by atoms with van der Waals surface area (Å²) in [4.78, 5) is 26.3. The number of rotatable bonds is 3. The van der Waals surface area contributed by atoms with E-state index in [1.807, 2.05) is 25.1 Å². The Hall–Kier alpha value is -2.76. The monoisotopic (exact) mass is 409 g/mol. The Kier molecular flexibility index (Phi) is 5.01. The van der Waals surface area contributed by atoms with Crippen molar-refractivity contribution in [1.29, 1.82) is 0 Å². The molecule has 1 saturated carbocycles. The highest BCUT2D eigenvalue weighted by Gasteiger charge is 2.40. The lowest BCUT2D eigenvalue weighted by atomic mass is 9.75. The van der Waals surface area contributed by atoms with E-state index in [9.17, 15) is 9.59 Å². The van der Waals surface area contributed by atoms with Crippen LogP contribution in [0, 0.1) is 0 Å². The van der Waals surface area contributed by atoms with Crippen LogP contribution >= 0.6 is 0 Å². The first kappa shape index (κ1) is 19.2. The molecular weight excluding hydrogens is 382 g/mol. The minimum atomic E-state index is -0.445. The standard InChI is InChI=1S/C24H27NO5/c1-14-21(24(27)30-16-6-3-2-4-7-16)22(23-17(25-14)8-5-9-18(23)26)15-10-11-19-20(12-15)29-13-28-19/h10-12,16,22,25H,2-9,13H2,1H3. The molecule has 0 radical (unpaired) electrons. The molecule has 0 amide bonds. The zero-order valence-corrected chi connectivity index (χ0v) is 17.3. The second-order valence-corrected chi connectivity index (χ2v) is 8.54. The second-order valence-electron chi connectivity index (χ2n) is 8.54. The number of Topliss-reactive ketones (excluding diaryl/α,β-unsaturated/α-hetero) is 1. The number of carbonyl (C=O) groups excluding carboxylic acids is 2. The molecule has 1 atom stereocenters. The van der Waals surface area contributed by atoms with Gasteiger partial charge in [0, 0.05) is 29.3 Å². The van der Waals surface area contributed by atoms with Crippen molar-refractivity contribution in [3.63, 3.8) is 0 Å². The van der Waals surface area contributed by atoms with Crippen molar-refractivity contribution in [3.05, 3.63) is 46.3 Å². The Morgan fingerprint density at radius 2 is 1.87 bits per heavy atom. The number of allylic oxidation sites excluding steroid dienone is 3. The minimum absolute atomic E-state index is 0.0404. The number of esters is 1. The molecule has 0 spiro atoms. The largest absolute Gasteiger partial charge is 0.459 e. The molecule has 30 heavy (non-hydrogen) atoms. The van der Waals surface area contributed by atoms with Crippen LogP contribution in [0.5, 0.6) is 11.5 Å². The summed E-state index contributed by atoms with van der Waals surface area (Å²) < 4.78 is 16.9. The quantitative estimate of drug-likeness (QED) is 0.752. The van der Waals surface area contributed by atoms with E-state index in [2.05, 4.69) is 5.32 Å². The first-order chi connectivity index (χ1) is 14.6. The van der Waals surface area contributed by atoms with Crippen molar-refractivity contribution in [2.24, 2.45) is 0 Å². The Labute approximate surface area is 176 Å². The van der Waals surface area contributed by atoms with E-state index in [0.29, 0.717) is 29.1 Å². The van der Waals surface area contributed by atoms with Crippen molar-refractivity contribution < 1.29 is 23.8 Å². The van der Waals surface area contributed by atoms with Crippen LogP contribution in [0.25, 0.3) is 0 Å². The molecular formula is C24H27NO5. The SMILES string of the molecule is CC1=C(C(=O)OC2CCCCC2)C(c2ccc3c(c2)OCO3)C2=C(CCCC2=O)N1. The van der Waals surface area contributed by atoms with E-state index in [1.54, 1.807) is 0 Å². The number of hydrogen-bond donors (Lipinski definition) is 1. The predicted molar refractivity (Wildman–Crippen MR) is 110 cm³/mol. The lowest BCUT2D eigenvalue weighted by Gasteiger charge is -2.35. The maximum absolute atomic E-state index is 13.4. The number of hydrogen-bond acceptors (Lipinski definition) is 6. The van der Waals surface area contributed by atoms with E-state index in [0.717, 1.165) is 55.5 Å². The molecule has 6 nitrogen and oxygen atoms in total. The van der Waals surface area contributed by atoms with Gasteiger partial charge in [-0.2, -0.15) is 0 Å². The van der Waals surface area contributed by atoms with Gasteiger partial charge < -0.3 is 19.5 Å². The molecule has 1 N–H and O–H groups in total. The van der Waals surface area contributed by atoms with Gasteiger partial charge in [0.2, 0.25) is 6.79 Å². The maximum atomic E-state index is 13.4. The van der Waals surface area contributed by atoms with Gasteiger partial charge in [-0.1, -0.05) is 12.5 Å². The predicted octanol–water partition coefficient (Wildman–Crippen LogP) is 4.26. The molecule has 1 fully saturated rings. The molecule has 158 valence electrons. The third-order valence-electron chi connectivity index (χ3n) is 6.55. The molecule has 2 aliphatic carbocycles. The third-order valence-corrected chi connectivity index (χ3v) is 6.55. The summed E-state index contributed by atoms with van der Waals surface area (Å²) >= 11 is 0. The highest BCUT2D eigenvalue weighted by molar-refractivity contribution is 6.03. The molecule has 0 bridgehead atoms. The number of ketones is 1. The summed E-state index contributed by atoms with van der Waals surface area (Å²) in [5.74, 6) is 0.666. The lowest BCUT2D eigenvalue weighted by molar-refractivity contribution is -0.146. The van der Waals surface area contributed by atoms with Gasteiger partial charge in [0.1, 0.15) is 6.10 Å². The molecule has 0 aromatic heterocycles. The first-order valence-electron chi connectivity index (χ1n) is 11.0. The average Bonchev–Trinajstić information content (AvgIpc) is 3.21. The molecule has 2 aliphatic heterocycles. The van der Waals surface area contributed by atoms with E-state index in [1.165, 1.54) is 6.42 Å². The number of benzene rings is 1. The first-order valence-corrected chi connectivity index (χ1v) is 11.0. The zero-order valence-electron chi connectivity index (χ0n) is 17.3. The summed E-state index contributed by atoms with van der Waals surface area (Å²) in [6, 6.07) is 5.68. The molecule has 5 rings (SSSR count). The molecule has 0 saturated heterocycles. The summed E-state index contributed by atoms with van der Waals surface area (Å²) in [6.45, 7) is 2.09. The number of dihydropyridines is 1. The van der Waals surface area contributed by atoms with Crippen molar-refractivity contribution >= 4 is 11.8 Å². The summed E-state index contributed by atoms with van der Waals surface area (Å²) in [6.07, 6.45) is 7.30. The molecule has 1 aromatic carbocycles. The van der Waals surface area contributed by atoms with E-state index in [4.69, 9.17) is 14.2 Å². The van der Waals surface area contributed by atoms with Gasteiger partial charge in [0.15, 0.2) is 17.3 Å². The van der Waals surface area contributed by atoms with Gasteiger partial charge in [-0.3, -0.25) is 4.79 Å². The smallest absolute Gasteiger partial charge is 0.337 e. The molecule has 4 aliphatic rings. The fraction of sp³-hybridized carbons (Fsp3) is 0.500. The van der Waals surface area contributed by atoms with E-state index < -0.39 is 5.92 Å². The van der Waals surface area contributed by atoms with Gasteiger partial charge in [-0.15, -0.1) is 0 Å². The fourth-order valence-electron chi connectivity index (χ4n) is 5.08. The third kappa shape index (κ3) is 3.38. The van der Waals surface area contributed by atoms with Crippen LogP contribution in [0.4, 0.5) is 0 Å². The van der Waals surface area contributed by atoms with Crippen LogP contribution in [0.3, 0.4) is 0 Å². The molecule has 1 aromatic rings. The second kappa shape index (κ2) is 7.82. The van der Waals surface area contributed by atoms with Gasteiger partial charge >= 0.3 is 5.97 Å². The van der Waals surface area contributed by atoms with Gasteiger partial charge in [0.05, 0.1) is 5.57 Å². The number of fused-ring (bicyclic) bond motifs is 1. The van der Waals surface area contributed by atoms with Crippen LogP contribution in [0.2, 0.25) is 0 Å². The summed E-state index contributed by atoms with van der Waals surface area (Å²) in [7, 11) is 0. The number of nitrogens with one attached hydrogen (secondary N) is 1. The van der Waals surface area contributed by atoms with Gasteiger partial charge in [-0.25, -0.2) is 4.79 Å². The molecule has 1 unspecified atom stereocenters. The molecule has 2 heterocycles. The van der Waals surface area contributed by atoms with Crippen molar-refractivity contribution in [2.45, 2.75) is 70.3 Å². The topological polar surface area (TPSA) is 73.9 Å². The fourth-order valence-corrected chi connectivity index (χ4v) is 5.08. The Morgan fingerprint density at radius 3 is 2.70 bits per heavy atom. The average molecular weight is 409 g/mol. The Bertz CT molecular complexity index is 954. The van der Waals surface area contributed by atoms with Crippen LogP contribution in [-0.4, -0.2) is 24.6 Å². The summed E-state index contributed by atoms with van der Waals surface area (Å²) in [5, 5.41) is 3.35. The van der Waals surface area contributed by atoms with Crippen LogP contribution < -0.4 is 14.8 Å². The Morgan fingerprint density at radius 1 is 1.07 bits per heavy atom. The van der Waals surface area contributed by atoms with Crippen LogP contribution in [-0.2, 0) is 14.3 Å². The Balaban J connectivity index is 1.55. The highest BCUT2D eigenvalue weighted by Crippen LogP contribution is 2.45. The number of ether oxygens (including phenoxy) is 3.